The van der Waals surface area contributed by atoms with Crippen LogP contribution in [-0.2, 0) is 23.6 Å². The number of carbonyl (C=O) groups excluding carboxylic acids is 4. The molecule has 0 heterocycles. The Morgan fingerprint density at radius 1 is 0.714 bits per heavy atom. The summed E-state index contributed by atoms with van der Waals surface area (Å²) >= 11 is 0. The highest BCUT2D eigenvalue weighted by molar-refractivity contribution is 7.95. The summed E-state index contributed by atoms with van der Waals surface area (Å²) in [4.78, 5) is 52.5. The molecular formula is C27H33O7P. The highest BCUT2D eigenvalue weighted by Crippen LogP contribution is 2.55. The molecule has 1 unspecified atom stereocenters. The molecule has 0 aliphatic rings. The third-order valence-electron chi connectivity index (χ3n) is 6.09. The minimum absolute atomic E-state index is 0.191. The van der Waals surface area contributed by atoms with Crippen LogP contribution in [0, 0.1) is 47.5 Å². The van der Waals surface area contributed by atoms with Crippen molar-refractivity contribution in [1.29, 1.82) is 0 Å². The molecule has 0 saturated heterocycles. The third kappa shape index (κ3) is 5.96. The first-order valence-corrected chi connectivity index (χ1v) is 13.1. The number of methoxy groups -OCH3 is 2. The van der Waals surface area contributed by atoms with Gasteiger partial charge < -0.3 is 14.0 Å². The first-order valence-electron chi connectivity index (χ1n) is 11.3. The smallest absolute Gasteiger partial charge is 0.309 e. The van der Waals surface area contributed by atoms with Crippen molar-refractivity contribution in [3.05, 3.63) is 68.8 Å². The van der Waals surface area contributed by atoms with Gasteiger partial charge in [-0.05, 0) is 63.8 Å². The van der Waals surface area contributed by atoms with E-state index in [0.717, 1.165) is 25.3 Å². The molecule has 1 atom stereocenters. The molecule has 0 aliphatic heterocycles. The summed E-state index contributed by atoms with van der Waals surface area (Å²) in [7, 11) is -2.17. The van der Waals surface area contributed by atoms with Gasteiger partial charge in [0.1, 0.15) is 0 Å². The van der Waals surface area contributed by atoms with E-state index in [1.165, 1.54) is 0 Å². The molecule has 0 aromatic heterocycles. The van der Waals surface area contributed by atoms with E-state index in [1.54, 1.807) is 52.0 Å². The summed E-state index contributed by atoms with van der Waals surface area (Å²) in [5.41, 5.74) is 2.91. The number of benzene rings is 2. The van der Waals surface area contributed by atoms with Crippen LogP contribution in [0.4, 0.5) is 0 Å². The number of aryl methyl sites for hydroxylation is 6. The first-order chi connectivity index (χ1) is 16.3. The topological polar surface area (TPSA) is 104 Å². The molecule has 0 aliphatic carbocycles. The monoisotopic (exact) mass is 500 g/mol. The van der Waals surface area contributed by atoms with E-state index >= 15 is 0 Å². The molecule has 0 spiro atoms. The molecule has 0 bridgehead atoms. The Morgan fingerprint density at radius 3 is 1.40 bits per heavy atom. The zero-order chi connectivity index (χ0) is 26.7. The van der Waals surface area contributed by atoms with Crippen molar-refractivity contribution < 1.29 is 33.2 Å². The molecule has 2 aromatic rings. The van der Waals surface area contributed by atoms with Gasteiger partial charge in [0.05, 0.1) is 26.6 Å². The zero-order valence-electron chi connectivity index (χ0n) is 21.6. The van der Waals surface area contributed by atoms with Crippen LogP contribution in [0.5, 0.6) is 0 Å². The lowest BCUT2D eigenvalue weighted by Gasteiger charge is -2.23. The molecule has 8 heteroatoms. The van der Waals surface area contributed by atoms with Gasteiger partial charge in [0.25, 0.3) is 0 Å². The van der Waals surface area contributed by atoms with E-state index in [4.69, 9.17) is 4.74 Å². The fourth-order valence-electron chi connectivity index (χ4n) is 4.64. The van der Waals surface area contributed by atoms with Crippen LogP contribution in [0.2, 0.25) is 0 Å². The van der Waals surface area contributed by atoms with Crippen LogP contribution >= 0.6 is 7.14 Å². The highest BCUT2D eigenvalue weighted by atomic mass is 31.2. The molecule has 35 heavy (non-hydrogen) atoms. The van der Waals surface area contributed by atoms with Crippen molar-refractivity contribution in [3.8, 4) is 0 Å². The summed E-state index contributed by atoms with van der Waals surface area (Å²) in [5.74, 6) is -2.87. The van der Waals surface area contributed by atoms with Crippen LogP contribution in [0.3, 0.4) is 0 Å². The maximum atomic E-state index is 14.6. The second kappa shape index (κ2) is 11.1. The fraction of sp³-hybridized carbons (Fsp3) is 0.407. The van der Waals surface area contributed by atoms with Gasteiger partial charge in [-0.2, -0.15) is 0 Å². The minimum atomic E-state index is -4.46. The lowest BCUT2D eigenvalue weighted by atomic mass is 10.0. The number of esters is 2. The van der Waals surface area contributed by atoms with Gasteiger partial charge in [-0.1, -0.05) is 35.4 Å². The first kappa shape index (κ1) is 28.2. The Balaban J connectivity index is 2.78. The number of hydrogen-bond donors (Lipinski definition) is 0. The van der Waals surface area contributed by atoms with Crippen LogP contribution in [0.25, 0.3) is 0 Å². The van der Waals surface area contributed by atoms with Crippen LogP contribution < -0.4 is 0 Å². The van der Waals surface area contributed by atoms with Crippen molar-refractivity contribution in [3.63, 3.8) is 0 Å². The maximum Gasteiger partial charge on any atom is 0.309 e. The van der Waals surface area contributed by atoms with E-state index in [9.17, 15) is 23.7 Å². The summed E-state index contributed by atoms with van der Waals surface area (Å²) in [6, 6.07) is 7.13. The van der Waals surface area contributed by atoms with Gasteiger partial charge >= 0.3 is 11.9 Å². The van der Waals surface area contributed by atoms with Gasteiger partial charge in [0.15, 0.2) is 0 Å². The Hall–Kier alpha value is -3.05. The Bertz CT molecular complexity index is 1120. The predicted octanol–water partition coefficient (Wildman–Crippen LogP) is 5.23. The molecule has 2 aromatic carbocycles. The molecule has 0 amide bonds. The van der Waals surface area contributed by atoms with E-state index in [1.807, 2.05) is 13.8 Å². The van der Waals surface area contributed by atoms with E-state index in [2.05, 4.69) is 4.74 Å². The van der Waals surface area contributed by atoms with Gasteiger partial charge in [0, 0.05) is 17.3 Å². The molecule has 2 rings (SSSR count). The molecule has 0 fully saturated rings. The van der Waals surface area contributed by atoms with E-state index in [-0.39, 0.29) is 11.1 Å². The Kier molecular flexibility index (Phi) is 8.96. The lowest BCUT2D eigenvalue weighted by Crippen LogP contribution is -2.28. The fourth-order valence-corrected chi connectivity index (χ4v) is 7.48. The molecule has 0 radical (unpaired) electrons. The molecule has 0 N–H and O–H groups in total. The number of rotatable bonds is 9. The average Bonchev–Trinajstić information content (AvgIpc) is 2.76. The van der Waals surface area contributed by atoms with Gasteiger partial charge in [-0.3, -0.25) is 19.2 Å². The van der Waals surface area contributed by atoms with Crippen molar-refractivity contribution >= 4 is 30.1 Å². The van der Waals surface area contributed by atoms with Crippen LogP contribution in [-0.4, -0.2) is 43.4 Å². The van der Waals surface area contributed by atoms with Crippen molar-refractivity contribution in [2.45, 2.75) is 48.0 Å². The van der Waals surface area contributed by atoms with Gasteiger partial charge in [-0.25, -0.2) is 0 Å². The second-order valence-corrected chi connectivity index (χ2v) is 11.7. The minimum Gasteiger partial charge on any atom is -0.469 e. The standard InChI is InChI=1S/C27H33O7P/c1-15-9-17(3)23(18(4)10-15)26(30)35(32,14-21(25(29)34-8)13-22(28)33-7)27(31)24-19(5)11-16(2)12-20(24)6/h9-12,21H,13-14H2,1-8H3. The maximum absolute atomic E-state index is 14.6. The summed E-state index contributed by atoms with van der Waals surface area (Å²) in [6.07, 6.45) is -1.10. The lowest BCUT2D eigenvalue weighted by molar-refractivity contribution is -0.151. The van der Waals surface area contributed by atoms with Gasteiger partial charge in [-0.15, -0.1) is 0 Å². The van der Waals surface area contributed by atoms with E-state index in [0.29, 0.717) is 22.3 Å². The largest absolute Gasteiger partial charge is 0.469 e. The SMILES string of the molecule is COC(=O)CC(CP(=O)(C(=O)c1c(C)cc(C)cc1C)C(=O)c1c(C)cc(C)cc1C)C(=O)OC. The normalized spacial score (nSPS) is 12.1. The number of ether oxygens (including phenoxy) is 2. The third-order valence-corrected chi connectivity index (χ3v) is 8.81. The quantitative estimate of drug-likeness (QED) is 0.343. The second-order valence-electron chi connectivity index (χ2n) is 9.08. The zero-order valence-corrected chi connectivity index (χ0v) is 22.5. The highest BCUT2D eigenvalue weighted by Gasteiger charge is 2.46. The molecule has 188 valence electrons. The van der Waals surface area contributed by atoms with E-state index < -0.39 is 48.6 Å². The van der Waals surface area contributed by atoms with Crippen LogP contribution in [0.15, 0.2) is 24.3 Å². The summed E-state index contributed by atoms with van der Waals surface area (Å²) < 4.78 is 24.1. The average molecular weight is 501 g/mol. The molecule has 7 nitrogen and oxygen atoms in total. The van der Waals surface area contributed by atoms with Crippen molar-refractivity contribution in [2.24, 2.45) is 5.92 Å². The Labute approximate surface area is 206 Å². The van der Waals surface area contributed by atoms with Gasteiger partial charge in [0.2, 0.25) is 18.2 Å². The predicted molar refractivity (Wildman–Crippen MR) is 135 cm³/mol. The molecule has 0 saturated carbocycles. The number of hydrogen-bond acceptors (Lipinski definition) is 7. The number of carbonyl (C=O) groups is 4. The Morgan fingerprint density at radius 2 is 1.09 bits per heavy atom. The van der Waals surface area contributed by atoms with Crippen LogP contribution in [0.1, 0.15) is 60.5 Å². The summed E-state index contributed by atoms with van der Waals surface area (Å²) in [5, 5.41) is 0. The molecular weight excluding hydrogens is 467 g/mol. The van der Waals surface area contributed by atoms with Crippen molar-refractivity contribution in [1.82, 2.24) is 0 Å². The summed E-state index contributed by atoms with van der Waals surface area (Å²) in [6.45, 7) is 10.6. The van der Waals surface area contributed by atoms with Crippen molar-refractivity contribution in [2.75, 3.05) is 20.4 Å².